The molecule has 0 aliphatic carbocycles. The second kappa shape index (κ2) is 10.5. The molecule has 0 heterocycles. The summed E-state index contributed by atoms with van der Waals surface area (Å²) in [6, 6.07) is -0.878. The Hall–Kier alpha value is -1.24. The minimum absolute atomic E-state index is 0.175. The number of carboxylic acids is 1. The van der Waals surface area contributed by atoms with Crippen LogP contribution in [0.1, 0.15) is 33.1 Å². The lowest BCUT2D eigenvalue weighted by molar-refractivity contribution is -0.149. The van der Waals surface area contributed by atoms with Gasteiger partial charge in [0, 0.05) is 26.4 Å². The van der Waals surface area contributed by atoms with Crippen molar-refractivity contribution in [1.82, 2.24) is 10.2 Å². The molecule has 0 spiro atoms. The SMILES string of the molecule is CSCCCCC(=O)N(CCNC(C)=O)C(C)C(=O)O. The number of nitrogens with zero attached hydrogens (tertiary/aromatic N) is 1. The Morgan fingerprint density at radius 1 is 1.30 bits per heavy atom. The predicted octanol–water partition coefficient (Wildman–Crippen LogP) is 0.958. The van der Waals surface area contributed by atoms with Crippen molar-refractivity contribution in [3.63, 3.8) is 0 Å². The highest BCUT2D eigenvalue weighted by atomic mass is 32.2. The van der Waals surface area contributed by atoms with E-state index in [-0.39, 0.29) is 24.9 Å². The number of thioether (sulfide) groups is 1. The average Bonchev–Trinajstić information content (AvgIpc) is 2.38. The number of rotatable bonds is 10. The van der Waals surface area contributed by atoms with E-state index < -0.39 is 12.0 Å². The van der Waals surface area contributed by atoms with E-state index in [0.717, 1.165) is 18.6 Å². The van der Waals surface area contributed by atoms with Gasteiger partial charge in [0.15, 0.2) is 0 Å². The van der Waals surface area contributed by atoms with E-state index in [1.807, 2.05) is 6.26 Å². The molecule has 0 radical (unpaired) electrons. The monoisotopic (exact) mass is 304 g/mol. The van der Waals surface area contributed by atoms with Crippen molar-refractivity contribution in [2.75, 3.05) is 25.1 Å². The van der Waals surface area contributed by atoms with Gasteiger partial charge in [-0.1, -0.05) is 0 Å². The third-order valence-corrected chi connectivity index (χ3v) is 3.56. The second-order valence-electron chi connectivity index (χ2n) is 4.53. The molecule has 2 amide bonds. The normalized spacial score (nSPS) is 11.8. The van der Waals surface area contributed by atoms with Gasteiger partial charge in [0.2, 0.25) is 11.8 Å². The molecule has 0 saturated heterocycles. The number of unbranched alkanes of at least 4 members (excludes halogenated alkanes) is 1. The number of nitrogens with one attached hydrogen (secondary N) is 1. The van der Waals surface area contributed by atoms with Crippen molar-refractivity contribution in [1.29, 1.82) is 0 Å². The Morgan fingerprint density at radius 2 is 1.95 bits per heavy atom. The quantitative estimate of drug-likeness (QED) is 0.587. The highest BCUT2D eigenvalue weighted by molar-refractivity contribution is 7.98. The molecule has 2 N–H and O–H groups in total. The minimum Gasteiger partial charge on any atom is -0.480 e. The summed E-state index contributed by atoms with van der Waals surface area (Å²) in [5, 5.41) is 11.6. The maximum Gasteiger partial charge on any atom is 0.326 e. The first-order valence-electron chi connectivity index (χ1n) is 6.65. The maximum absolute atomic E-state index is 12.1. The fourth-order valence-electron chi connectivity index (χ4n) is 1.69. The summed E-state index contributed by atoms with van der Waals surface area (Å²) < 4.78 is 0. The third kappa shape index (κ3) is 8.04. The molecule has 0 aromatic rings. The van der Waals surface area contributed by atoms with E-state index >= 15 is 0 Å². The summed E-state index contributed by atoms with van der Waals surface area (Å²) in [5.74, 6) is -0.412. The van der Waals surface area contributed by atoms with E-state index in [0.29, 0.717) is 6.42 Å². The highest BCUT2D eigenvalue weighted by Crippen LogP contribution is 2.08. The van der Waals surface area contributed by atoms with Crippen molar-refractivity contribution >= 4 is 29.5 Å². The maximum atomic E-state index is 12.1. The zero-order valence-electron chi connectivity index (χ0n) is 12.3. The number of hydrogen-bond donors (Lipinski definition) is 2. The van der Waals surface area contributed by atoms with Crippen molar-refractivity contribution in [2.24, 2.45) is 0 Å². The second-order valence-corrected chi connectivity index (χ2v) is 5.52. The predicted molar refractivity (Wildman–Crippen MR) is 79.7 cm³/mol. The standard InChI is InChI=1S/C13H24N2O4S/c1-10(13(18)19)15(8-7-14-11(2)16)12(17)6-4-5-9-20-3/h10H,4-9H2,1-3H3,(H,14,16)(H,18,19). The zero-order valence-corrected chi connectivity index (χ0v) is 13.2. The van der Waals surface area contributed by atoms with Gasteiger partial charge in [-0.3, -0.25) is 9.59 Å². The smallest absolute Gasteiger partial charge is 0.326 e. The molecule has 6 nitrogen and oxygen atoms in total. The Kier molecular flexibility index (Phi) is 9.88. The fraction of sp³-hybridized carbons (Fsp3) is 0.769. The van der Waals surface area contributed by atoms with Gasteiger partial charge in [-0.2, -0.15) is 11.8 Å². The largest absolute Gasteiger partial charge is 0.480 e. The molecule has 116 valence electrons. The molecule has 0 saturated carbocycles. The van der Waals surface area contributed by atoms with Crippen LogP contribution in [0.4, 0.5) is 0 Å². The number of carboxylic acid groups (broad SMARTS) is 1. The van der Waals surface area contributed by atoms with Crippen molar-refractivity contribution in [2.45, 2.75) is 39.2 Å². The third-order valence-electron chi connectivity index (χ3n) is 2.86. The molecule has 1 atom stereocenters. The first-order valence-corrected chi connectivity index (χ1v) is 8.05. The van der Waals surface area contributed by atoms with E-state index in [4.69, 9.17) is 5.11 Å². The van der Waals surface area contributed by atoms with E-state index in [2.05, 4.69) is 5.32 Å². The van der Waals surface area contributed by atoms with Crippen molar-refractivity contribution < 1.29 is 19.5 Å². The molecule has 0 aliphatic heterocycles. The summed E-state index contributed by atoms with van der Waals surface area (Å²) in [5.41, 5.74) is 0. The molecule has 7 heteroatoms. The first-order chi connectivity index (χ1) is 9.40. The lowest BCUT2D eigenvalue weighted by Gasteiger charge is -2.26. The molecular formula is C13H24N2O4S. The van der Waals surface area contributed by atoms with Crippen LogP contribution in [0.2, 0.25) is 0 Å². The minimum atomic E-state index is -1.04. The van der Waals surface area contributed by atoms with Crippen LogP contribution in [0.3, 0.4) is 0 Å². The lowest BCUT2D eigenvalue weighted by Crippen LogP contribution is -2.46. The van der Waals surface area contributed by atoms with E-state index in [1.165, 1.54) is 18.7 Å². The van der Waals surface area contributed by atoms with Crippen LogP contribution in [0.25, 0.3) is 0 Å². The molecule has 0 fully saturated rings. The van der Waals surface area contributed by atoms with Gasteiger partial charge in [0.1, 0.15) is 6.04 Å². The van der Waals surface area contributed by atoms with Crippen LogP contribution < -0.4 is 5.32 Å². The molecule has 0 aliphatic rings. The number of carbonyl (C=O) groups is 3. The van der Waals surface area contributed by atoms with Crippen molar-refractivity contribution in [3.05, 3.63) is 0 Å². The summed E-state index contributed by atoms with van der Waals surface area (Å²) >= 11 is 1.72. The molecular weight excluding hydrogens is 280 g/mol. The molecule has 20 heavy (non-hydrogen) atoms. The Morgan fingerprint density at radius 3 is 2.45 bits per heavy atom. The van der Waals surface area contributed by atoms with E-state index in [9.17, 15) is 14.4 Å². The lowest BCUT2D eigenvalue weighted by atomic mass is 10.2. The molecule has 0 aromatic carbocycles. The van der Waals surface area contributed by atoms with Gasteiger partial charge in [-0.15, -0.1) is 0 Å². The summed E-state index contributed by atoms with van der Waals surface area (Å²) in [6.07, 6.45) is 4.04. The Balaban J connectivity index is 4.38. The van der Waals surface area contributed by atoms with E-state index in [1.54, 1.807) is 11.8 Å². The molecule has 0 aromatic heterocycles. The van der Waals surface area contributed by atoms with Gasteiger partial charge < -0.3 is 15.3 Å². The van der Waals surface area contributed by atoms with Crippen LogP contribution in [0.15, 0.2) is 0 Å². The zero-order chi connectivity index (χ0) is 15.5. The van der Waals surface area contributed by atoms with Crippen LogP contribution in [-0.4, -0.2) is 58.9 Å². The number of amides is 2. The van der Waals surface area contributed by atoms with Gasteiger partial charge in [0.25, 0.3) is 0 Å². The molecule has 0 bridgehead atoms. The summed E-state index contributed by atoms with van der Waals surface area (Å²) in [7, 11) is 0. The van der Waals surface area contributed by atoms with Gasteiger partial charge in [-0.25, -0.2) is 4.79 Å². The molecule has 0 rings (SSSR count). The molecule has 1 unspecified atom stereocenters. The van der Waals surface area contributed by atoms with Gasteiger partial charge >= 0.3 is 5.97 Å². The number of carbonyl (C=O) groups excluding carboxylic acids is 2. The van der Waals surface area contributed by atoms with Crippen LogP contribution in [0.5, 0.6) is 0 Å². The van der Waals surface area contributed by atoms with Crippen LogP contribution in [0, 0.1) is 0 Å². The Labute approximate surface area is 124 Å². The van der Waals surface area contributed by atoms with Gasteiger partial charge in [0.05, 0.1) is 0 Å². The Bertz CT molecular complexity index is 336. The fourth-order valence-corrected chi connectivity index (χ4v) is 2.18. The highest BCUT2D eigenvalue weighted by Gasteiger charge is 2.24. The summed E-state index contributed by atoms with van der Waals surface area (Å²) in [4.78, 5) is 35.2. The van der Waals surface area contributed by atoms with Crippen molar-refractivity contribution in [3.8, 4) is 0 Å². The van der Waals surface area contributed by atoms with Crippen LogP contribution >= 0.6 is 11.8 Å². The number of hydrogen-bond acceptors (Lipinski definition) is 4. The average molecular weight is 304 g/mol. The number of aliphatic carboxylic acids is 1. The van der Waals surface area contributed by atoms with Gasteiger partial charge in [-0.05, 0) is 31.8 Å². The summed E-state index contributed by atoms with van der Waals surface area (Å²) in [6.45, 7) is 3.35. The topological polar surface area (TPSA) is 86.7 Å². The van der Waals surface area contributed by atoms with Crippen LogP contribution in [-0.2, 0) is 14.4 Å². The first kappa shape index (κ1) is 18.8.